The third kappa shape index (κ3) is 3.06. The van der Waals surface area contributed by atoms with Crippen LogP contribution < -0.4 is 5.56 Å². The van der Waals surface area contributed by atoms with Gasteiger partial charge in [-0.1, -0.05) is 13.8 Å². The number of aromatic nitrogens is 3. The number of hydrogen-bond donors (Lipinski definition) is 1. The Morgan fingerprint density at radius 1 is 1.43 bits per heavy atom. The van der Waals surface area contributed by atoms with E-state index >= 15 is 0 Å². The molecule has 5 nitrogen and oxygen atoms in total. The van der Waals surface area contributed by atoms with Gasteiger partial charge in [-0.2, -0.15) is 0 Å². The van der Waals surface area contributed by atoms with Crippen molar-refractivity contribution in [2.45, 2.75) is 46.2 Å². The van der Waals surface area contributed by atoms with Crippen molar-refractivity contribution in [3.63, 3.8) is 0 Å². The first-order valence-electron chi connectivity index (χ1n) is 7.28. The zero-order valence-electron chi connectivity index (χ0n) is 12.6. The average molecular weight is 304 g/mol. The van der Waals surface area contributed by atoms with Crippen LogP contribution in [0.1, 0.15) is 47.5 Å². The van der Waals surface area contributed by atoms with E-state index in [9.17, 15) is 4.79 Å². The Kier molecular flexibility index (Phi) is 3.91. The Morgan fingerprint density at radius 3 is 2.90 bits per heavy atom. The molecule has 0 amide bonds. The molecule has 0 radical (unpaired) electrons. The molecule has 0 aliphatic carbocycles. The molecule has 1 aliphatic heterocycles. The lowest BCUT2D eigenvalue weighted by atomic mass is 10.1. The van der Waals surface area contributed by atoms with E-state index in [4.69, 9.17) is 0 Å². The third-order valence-corrected chi connectivity index (χ3v) is 4.69. The fourth-order valence-corrected chi connectivity index (χ4v) is 3.39. The Hall–Kier alpha value is -1.53. The first-order chi connectivity index (χ1) is 10.0. The standard InChI is InChI=1S/C15H20N4OS/c1-9(2)14-17-12-4-5-19(6-11(12)15(20)18-14)7-13-16-10(3)8-21-13/h8-9H,4-7H2,1-3H3,(H,17,18,20). The maximum Gasteiger partial charge on any atom is 0.255 e. The average Bonchev–Trinajstić information content (AvgIpc) is 2.84. The Bertz CT molecular complexity index is 704. The molecule has 0 atom stereocenters. The summed E-state index contributed by atoms with van der Waals surface area (Å²) < 4.78 is 0. The highest BCUT2D eigenvalue weighted by Crippen LogP contribution is 2.19. The van der Waals surface area contributed by atoms with Crippen LogP contribution in [0.15, 0.2) is 10.2 Å². The molecule has 3 rings (SSSR count). The highest BCUT2D eigenvalue weighted by atomic mass is 32.1. The number of rotatable bonds is 3. The van der Waals surface area contributed by atoms with Gasteiger partial charge in [0, 0.05) is 36.5 Å². The summed E-state index contributed by atoms with van der Waals surface area (Å²) in [7, 11) is 0. The molecular formula is C15H20N4OS. The number of aryl methyl sites for hydroxylation is 1. The van der Waals surface area contributed by atoms with Crippen LogP contribution in [-0.4, -0.2) is 26.4 Å². The number of thiazole rings is 1. The smallest absolute Gasteiger partial charge is 0.255 e. The lowest BCUT2D eigenvalue weighted by Crippen LogP contribution is -2.35. The topological polar surface area (TPSA) is 61.9 Å². The molecule has 0 bridgehead atoms. The summed E-state index contributed by atoms with van der Waals surface area (Å²) in [6.45, 7) is 8.50. The van der Waals surface area contributed by atoms with Gasteiger partial charge in [-0.3, -0.25) is 9.69 Å². The maximum absolute atomic E-state index is 12.3. The highest BCUT2D eigenvalue weighted by Gasteiger charge is 2.22. The van der Waals surface area contributed by atoms with E-state index in [1.165, 1.54) is 0 Å². The van der Waals surface area contributed by atoms with E-state index in [1.807, 2.05) is 20.8 Å². The van der Waals surface area contributed by atoms with Gasteiger partial charge >= 0.3 is 0 Å². The van der Waals surface area contributed by atoms with Crippen molar-refractivity contribution < 1.29 is 0 Å². The van der Waals surface area contributed by atoms with E-state index in [-0.39, 0.29) is 11.5 Å². The van der Waals surface area contributed by atoms with Crippen LogP contribution in [0.5, 0.6) is 0 Å². The second-order valence-electron chi connectivity index (χ2n) is 5.87. The quantitative estimate of drug-likeness (QED) is 0.944. The second kappa shape index (κ2) is 5.69. The van der Waals surface area contributed by atoms with Gasteiger partial charge in [-0.15, -0.1) is 11.3 Å². The van der Waals surface area contributed by atoms with Gasteiger partial charge in [-0.05, 0) is 6.92 Å². The van der Waals surface area contributed by atoms with Crippen LogP contribution in [0.4, 0.5) is 0 Å². The fraction of sp³-hybridized carbons (Fsp3) is 0.533. The fourth-order valence-electron chi connectivity index (χ4n) is 2.58. The number of fused-ring (bicyclic) bond motifs is 1. The molecule has 0 saturated heterocycles. The van der Waals surface area contributed by atoms with Crippen LogP contribution in [0.2, 0.25) is 0 Å². The molecule has 21 heavy (non-hydrogen) atoms. The van der Waals surface area contributed by atoms with E-state index in [0.717, 1.165) is 47.3 Å². The summed E-state index contributed by atoms with van der Waals surface area (Å²) in [6.07, 6.45) is 0.837. The molecule has 0 unspecified atom stereocenters. The number of H-pyrrole nitrogens is 1. The molecule has 0 spiro atoms. The molecule has 112 valence electrons. The van der Waals surface area contributed by atoms with E-state index in [2.05, 4.69) is 25.2 Å². The summed E-state index contributed by atoms with van der Waals surface area (Å²) in [5, 5.41) is 3.18. The van der Waals surface area contributed by atoms with Gasteiger partial charge in [0.15, 0.2) is 0 Å². The maximum atomic E-state index is 12.3. The van der Waals surface area contributed by atoms with Crippen LogP contribution >= 0.6 is 11.3 Å². The Balaban J connectivity index is 1.81. The molecular weight excluding hydrogens is 284 g/mol. The minimum atomic E-state index is 0.0173. The first-order valence-corrected chi connectivity index (χ1v) is 8.16. The van der Waals surface area contributed by atoms with Crippen molar-refractivity contribution in [3.8, 4) is 0 Å². The molecule has 6 heteroatoms. The minimum Gasteiger partial charge on any atom is -0.310 e. The molecule has 1 aliphatic rings. The van der Waals surface area contributed by atoms with Crippen molar-refractivity contribution in [3.05, 3.63) is 43.5 Å². The van der Waals surface area contributed by atoms with E-state index in [0.29, 0.717) is 6.54 Å². The van der Waals surface area contributed by atoms with Crippen molar-refractivity contribution in [2.24, 2.45) is 0 Å². The zero-order chi connectivity index (χ0) is 15.0. The van der Waals surface area contributed by atoms with Crippen LogP contribution in [0, 0.1) is 6.92 Å². The van der Waals surface area contributed by atoms with Gasteiger partial charge in [0.1, 0.15) is 10.8 Å². The highest BCUT2D eigenvalue weighted by molar-refractivity contribution is 7.09. The van der Waals surface area contributed by atoms with Crippen molar-refractivity contribution in [1.82, 2.24) is 19.9 Å². The lowest BCUT2D eigenvalue weighted by molar-refractivity contribution is 0.241. The van der Waals surface area contributed by atoms with Crippen molar-refractivity contribution in [1.29, 1.82) is 0 Å². The lowest BCUT2D eigenvalue weighted by Gasteiger charge is -2.27. The summed E-state index contributed by atoms with van der Waals surface area (Å²) >= 11 is 1.68. The van der Waals surface area contributed by atoms with Gasteiger partial charge in [0.05, 0.1) is 17.8 Å². The van der Waals surface area contributed by atoms with Crippen molar-refractivity contribution in [2.75, 3.05) is 6.54 Å². The molecule has 2 aromatic heterocycles. The summed E-state index contributed by atoms with van der Waals surface area (Å²) in [6, 6.07) is 0. The largest absolute Gasteiger partial charge is 0.310 e. The predicted molar refractivity (Wildman–Crippen MR) is 83.6 cm³/mol. The third-order valence-electron chi connectivity index (χ3n) is 3.74. The van der Waals surface area contributed by atoms with Crippen LogP contribution in [0.3, 0.4) is 0 Å². The van der Waals surface area contributed by atoms with Crippen LogP contribution in [0.25, 0.3) is 0 Å². The SMILES string of the molecule is Cc1csc(CN2CCc3nc(C(C)C)[nH]c(=O)c3C2)n1. The second-order valence-corrected chi connectivity index (χ2v) is 6.82. The molecule has 0 saturated carbocycles. The molecule has 0 fully saturated rings. The van der Waals surface area contributed by atoms with Crippen LogP contribution in [-0.2, 0) is 19.5 Å². The summed E-state index contributed by atoms with van der Waals surface area (Å²) in [5.74, 6) is 1.04. The molecule has 0 aromatic carbocycles. The van der Waals surface area contributed by atoms with Gasteiger partial charge in [-0.25, -0.2) is 9.97 Å². The van der Waals surface area contributed by atoms with Gasteiger partial charge in [0.2, 0.25) is 0 Å². The number of nitrogens with zero attached hydrogens (tertiary/aromatic N) is 3. The van der Waals surface area contributed by atoms with Gasteiger partial charge < -0.3 is 4.98 Å². The Labute approximate surface area is 128 Å². The van der Waals surface area contributed by atoms with Crippen molar-refractivity contribution >= 4 is 11.3 Å². The molecule has 2 aromatic rings. The van der Waals surface area contributed by atoms with E-state index in [1.54, 1.807) is 11.3 Å². The summed E-state index contributed by atoms with van der Waals surface area (Å²) in [5.41, 5.74) is 2.87. The minimum absolute atomic E-state index is 0.0173. The Morgan fingerprint density at radius 2 is 2.24 bits per heavy atom. The zero-order valence-corrected chi connectivity index (χ0v) is 13.5. The molecule has 1 N–H and O–H groups in total. The monoisotopic (exact) mass is 304 g/mol. The number of nitrogens with one attached hydrogen (secondary N) is 1. The number of hydrogen-bond acceptors (Lipinski definition) is 5. The first kappa shape index (κ1) is 14.4. The summed E-state index contributed by atoms with van der Waals surface area (Å²) in [4.78, 5) is 26.6. The molecule has 3 heterocycles. The predicted octanol–water partition coefficient (Wildman–Crippen LogP) is 2.22. The number of aromatic amines is 1. The normalized spacial score (nSPS) is 15.4. The van der Waals surface area contributed by atoms with Gasteiger partial charge in [0.25, 0.3) is 5.56 Å². The van der Waals surface area contributed by atoms with E-state index < -0.39 is 0 Å².